The number of carbonyl (C=O) groups excluding carboxylic acids is 3. The number of pyridine rings is 1. The quantitative estimate of drug-likeness (QED) is 0.253. The minimum atomic E-state index is -4.88. The third-order valence-electron chi connectivity index (χ3n) is 6.08. The number of hydrogen-bond acceptors (Lipinski definition) is 5. The Balaban J connectivity index is 1.76. The van der Waals surface area contributed by atoms with Gasteiger partial charge in [-0.25, -0.2) is 0 Å². The van der Waals surface area contributed by atoms with Crippen LogP contribution < -0.4 is 9.64 Å². The normalized spacial score (nSPS) is 18.1. The van der Waals surface area contributed by atoms with E-state index in [2.05, 4.69) is 9.72 Å². The molecule has 0 N–H and O–H groups in total. The lowest BCUT2D eigenvalue weighted by Gasteiger charge is -2.27. The highest BCUT2D eigenvalue weighted by molar-refractivity contribution is 6.49. The van der Waals surface area contributed by atoms with Crippen molar-refractivity contribution in [1.29, 1.82) is 0 Å². The van der Waals surface area contributed by atoms with E-state index in [0.717, 1.165) is 29.8 Å². The fraction of sp³-hybridized carbons (Fsp3) is 0.259. The second kappa shape index (κ2) is 9.56. The van der Waals surface area contributed by atoms with Crippen LogP contribution in [-0.4, -0.2) is 28.8 Å². The zero-order valence-corrected chi connectivity index (χ0v) is 19.7. The molecule has 2 atom stereocenters. The van der Waals surface area contributed by atoms with Gasteiger partial charge in [0.15, 0.2) is 5.78 Å². The Bertz CT molecular complexity index is 1280. The summed E-state index contributed by atoms with van der Waals surface area (Å²) in [6, 6.07) is 14.0. The zero-order valence-electron chi connectivity index (χ0n) is 19.7. The largest absolute Gasteiger partial charge is 0.573 e. The molecule has 0 aliphatic carbocycles. The van der Waals surface area contributed by atoms with Gasteiger partial charge in [-0.1, -0.05) is 38.1 Å². The maximum Gasteiger partial charge on any atom is 0.573 e. The van der Waals surface area contributed by atoms with Crippen molar-refractivity contribution in [2.45, 2.75) is 39.1 Å². The first-order chi connectivity index (χ1) is 17.0. The number of Topliss-reactive ketones (excluding diaryl/α,β-unsaturated/α-hetero) is 2. The summed E-state index contributed by atoms with van der Waals surface area (Å²) in [6.07, 6.45) is -3.42. The molecule has 6 nitrogen and oxygen atoms in total. The second-order valence-electron chi connectivity index (χ2n) is 8.88. The molecular formula is C27H23F3N2O4. The van der Waals surface area contributed by atoms with Crippen molar-refractivity contribution in [2.24, 2.45) is 5.92 Å². The van der Waals surface area contributed by atoms with Crippen LogP contribution in [0.15, 0.2) is 66.9 Å². The highest BCUT2D eigenvalue weighted by Crippen LogP contribution is 2.41. The highest BCUT2D eigenvalue weighted by Gasteiger charge is 2.52. The number of carbonyl (C=O) groups is 3. The van der Waals surface area contributed by atoms with Crippen LogP contribution in [0.25, 0.3) is 0 Å². The summed E-state index contributed by atoms with van der Waals surface area (Å²) in [7, 11) is 0. The number of rotatable bonds is 6. The van der Waals surface area contributed by atoms with E-state index in [-0.39, 0.29) is 11.5 Å². The summed E-state index contributed by atoms with van der Waals surface area (Å²) in [4.78, 5) is 45.3. The molecule has 9 heteroatoms. The Morgan fingerprint density at radius 3 is 2.14 bits per heavy atom. The molecule has 2 aromatic carbocycles. The van der Waals surface area contributed by atoms with Crippen molar-refractivity contribution in [2.75, 3.05) is 4.90 Å². The first kappa shape index (κ1) is 25.1. The number of hydrogen-bond donors (Lipinski definition) is 0. The predicted octanol–water partition coefficient (Wildman–Crippen LogP) is 5.57. The van der Waals surface area contributed by atoms with Gasteiger partial charge in [-0.2, -0.15) is 0 Å². The van der Waals surface area contributed by atoms with Gasteiger partial charge in [-0.05, 0) is 60.4 Å². The van der Waals surface area contributed by atoms with E-state index in [9.17, 15) is 27.6 Å². The summed E-state index contributed by atoms with van der Waals surface area (Å²) in [5.41, 5.74) is 2.68. The smallest absolute Gasteiger partial charge is 0.406 e. The van der Waals surface area contributed by atoms with Gasteiger partial charge in [0.25, 0.3) is 5.91 Å². The van der Waals surface area contributed by atoms with E-state index in [0.29, 0.717) is 16.9 Å². The molecule has 186 valence electrons. The Hall–Kier alpha value is -4.01. The van der Waals surface area contributed by atoms with Crippen LogP contribution in [-0.2, 0) is 9.59 Å². The maximum absolute atomic E-state index is 13.5. The molecule has 2 heterocycles. The number of alkyl halides is 3. The molecule has 4 rings (SSSR count). The number of amides is 1. The third-order valence-corrected chi connectivity index (χ3v) is 6.08. The molecule has 0 radical (unpaired) electrons. The van der Waals surface area contributed by atoms with Gasteiger partial charge in [0, 0.05) is 11.3 Å². The fourth-order valence-electron chi connectivity index (χ4n) is 4.23. The molecule has 36 heavy (non-hydrogen) atoms. The van der Waals surface area contributed by atoms with Crippen molar-refractivity contribution in [1.82, 2.24) is 4.98 Å². The van der Waals surface area contributed by atoms with Crippen LogP contribution >= 0.6 is 0 Å². The van der Waals surface area contributed by atoms with Crippen LogP contribution in [0.1, 0.15) is 53.0 Å². The minimum Gasteiger partial charge on any atom is -0.406 e. The van der Waals surface area contributed by atoms with Crippen molar-refractivity contribution in [3.8, 4) is 5.75 Å². The minimum absolute atomic E-state index is 0.0108. The molecule has 1 aliphatic rings. The van der Waals surface area contributed by atoms with Gasteiger partial charge >= 0.3 is 6.36 Å². The summed E-state index contributed by atoms with van der Waals surface area (Å²) in [5.74, 6) is -4.06. The number of benzene rings is 2. The lowest BCUT2D eigenvalue weighted by atomic mass is 9.85. The van der Waals surface area contributed by atoms with E-state index in [4.69, 9.17) is 0 Å². The fourth-order valence-corrected chi connectivity index (χ4v) is 4.23. The Morgan fingerprint density at radius 1 is 0.972 bits per heavy atom. The zero-order chi connectivity index (χ0) is 26.2. The number of anilines is 1. The van der Waals surface area contributed by atoms with Crippen LogP contribution in [0.2, 0.25) is 0 Å². The lowest BCUT2D eigenvalue weighted by molar-refractivity contribution is -0.274. The summed E-state index contributed by atoms with van der Waals surface area (Å²) in [5, 5.41) is 0. The third kappa shape index (κ3) is 5.00. The molecule has 1 fully saturated rings. The lowest BCUT2D eigenvalue weighted by Crippen LogP contribution is -2.30. The van der Waals surface area contributed by atoms with Crippen molar-refractivity contribution in [3.05, 3.63) is 89.2 Å². The molecular weight excluding hydrogens is 473 g/mol. The molecule has 0 saturated carbocycles. The Morgan fingerprint density at radius 2 is 1.61 bits per heavy atom. The SMILES string of the molecule is Cc1ccc(N2C(=O)C(=O)C(C(=O)c3ccc(OC(F)(F)F)cc3)C2c2ccc(C(C)C)cc2)cn1. The number of aryl methyl sites for hydroxylation is 1. The molecule has 1 aliphatic heterocycles. The van der Waals surface area contributed by atoms with Crippen LogP contribution in [0.5, 0.6) is 5.75 Å². The second-order valence-corrected chi connectivity index (χ2v) is 8.88. The van der Waals surface area contributed by atoms with Gasteiger partial charge in [-0.3, -0.25) is 24.3 Å². The summed E-state index contributed by atoms with van der Waals surface area (Å²) >= 11 is 0. The number of ether oxygens (including phenoxy) is 1. The topological polar surface area (TPSA) is 76.6 Å². The summed E-state index contributed by atoms with van der Waals surface area (Å²) in [6.45, 7) is 5.84. The highest BCUT2D eigenvalue weighted by atomic mass is 19.4. The van der Waals surface area contributed by atoms with Gasteiger partial charge in [0.2, 0.25) is 5.78 Å². The molecule has 3 aromatic rings. The van der Waals surface area contributed by atoms with E-state index in [1.807, 2.05) is 26.0 Å². The Labute approximate surface area is 205 Å². The molecule has 1 amide bonds. The average molecular weight is 496 g/mol. The molecule has 1 saturated heterocycles. The van der Waals surface area contributed by atoms with E-state index in [1.165, 1.54) is 11.1 Å². The van der Waals surface area contributed by atoms with E-state index >= 15 is 0 Å². The molecule has 0 bridgehead atoms. The average Bonchev–Trinajstić information content (AvgIpc) is 3.09. The molecule has 0 spiro atoms. The van der Waals surface area contributed by atoms with Crippen LogP contribution in [0.3, 0.4) is 0 Å². The van der Waals surface area contributed by atoms with E-state index in [1.54, 1.807) is 31.2 Å². The van der Waals surface area contributed by atoms with Crippen LogP contribution in [0, 0.1) is 12.8 Å². The summed E-state index contributed by atoms with van der Waals surface area (Å²) < 4.78 is 41.4. The maximum atomic E-state index is 13.5. The molecule has 1 aromatic heterocycles. The van der Waals surface area contributed by atoms with Crippen molar-refractivity contribution < 1.29 is 32.3 Å². The van der Waals surface area contributed by atoms with Gasteiger partial charge < -0.3 is 4.74 Å². The van der Waals surface area contributed by atoms with Gasteiger partial charge in [0.1, 0.15) is 11.7 Å². The standard InChI is InChI=1S/C27H23F3N2O4/c1-15(2)17-5-7-18(8-6-17)23-22(24(33)19-9-12-21(13-10-19)36-27(28,29)30)25(34)26(35)32(23)20-11-4-16(3)31-14-20/h4-15,22-23H,1-3H3. The van der Waals surface area contributed by atoms with E-state index < -0.39 is 41.5 Å². The van der Waals surface area contributed by atoms with Crippen molar-refractivity contribution >= 4 is 23.2 Å². The van der Waals surface area contributed by atoms with Gasteiger partial charge in [0.05, 0.1) is 17.9 Å². The predicted molar refractivity (Wildman–Crippen MR) is 126 cm³/mol. The van der Waals surface area contributed by atoms with Crippen molar-refractivity contribution in [3.63, 3.8) is 0 Å². The van der Waals surface area contributed by atoms with Crippen LogP contribution in [0.4, 0.5) is 18.9 Å². The van der Waals surface area contributed by atoms with Gasteiger partial charge in [-0.15, -0.1) is 13.2 Å². The first-order valence-corrected chi connectivity index (χ1v) is 11.3. The monoisotopic (exact) mass is 496 g/mol. The first-order valence-electron chi connectivity index (χ1n) is 11.3. The number of ketones is 2. The number of halogens is 3. The Kier molecular flexibility index (Phi) is 6.67. The molecule has 2 unspecified atom stereocenters. The number of aromatic nitrogens is 1. The number of nitrogens with zero attached hydrogens (tertiary/aromatic N) is 2.